The first kappa shape index (κ1) is 7.02. The van der Waals surface area contributed by atoms with Crippen LogP contribution in [0.5, 0.6) is 0 Å². The van der Waals surface area contributed by atoms with Gasteiger partial charge in [-0.3, -0.25) is 0 Å². The average molecular weight is 252 g/mol. The van der Waals surface area contributed by atoms with Gasteiger partial charge in [-0.15, -0.1) is 0 Å². The summed E-state index contributed by atoms with van der Waals surface area (Å²) in [5.74, 6) is 0. The molecule has 0 aliphatic rings. The maximum atomic E-state index is 5.50. The second-order valence-electron chi connectivity index (χ2n) is 1.53. The lowest BCUT2D eigenvalue weighted by Gasteiger charge is -1.94. The van der Waals surface area contributed by atoms with Gasteiger partial charge in [0.05, 0.1) is 10.2 Å². The molecule has 0 saturated heterocycles. The molecule has 1 heterocycles. The monoisotopic (exact) mass is 250 g/mol. The highest BCUT2D eigenvalue weighted by Gasteiger charge is 1.94. The standard InChI is InChI=1S/C5H4Br2N2/c6-3-2-9-5(7)1-4(3)8/h1-2H,(H2,8,9). The molecule has 0 saturated carbocycles. The first-order chi connectivity index (χ1) is 4.20. The van der Waals surface area contributed by atoms with Crippen LogP contribution in [0.25, 0.3) is 0 Å². The zero-order valence-electron chi connectivity index (χ0n) is 4.44. The highest BCUT2D eigenvalue weighted by molar-refractivity contribution is 9.11. The molecule has 1 rings (SSSR count). The fourth-order valence-corrected chi connectivity index (χ4v) is 0.993. The van der Waals surface area contributed by atoms with Crippen LogP contribution in [0.4, 0.5) is 5.69 Å². The van der Waals surface area contributed by atoms with Gasteiger partial charge in [0, 0.05) is 6.20 Å². The van der Waals surface area contributed by atoms with Gasteiger partial charge >= 0.3 is 0 Å². The number of nitrogens with two attached hydrogens (primary N) is 1. The molecule has 1 aromatic rings. The van der Waals surface area contributed by atoms with E-state index in [2.05, 4.69) is 36.8 Å². The van der Waals surface area contributed by atoms with Gasteiger partial charge in [-0.1, -0.05) is 0 Å². The van der Waals surface area contributed by atoms with Crippen molar-refractivity contribution in [1.29, 1.82) is 0 Å². The lowest BCUT2D eigenvalue weighted by atomic mass is 10.4. The van der Waals surface area contributed by atoms with Crippen molar-refractivity contribution in [2.45, 2.75) is 0 Å². The summed E-state index contributed by atoms with van der Waals surface area (Å²) in [7, 11) is 0. The second kappa shape index (κ2) is 2.66. The van der Waals surface area contributed by atoms with Crippen molar-refractivity contribution in [3.8, 4) is 0 Å². The Morgan fingerprint density at radius 2 is 2.11 bits per heavy atom. The number of anilines is 1. The molecule has 0 amide bonds. The lowest BCUT2D eigenvalue weighted by molar-refractivity contribution is 1.26. The molecule has 0 unspecified atom stereocenters. The van der Waals surface area contributed by atoms with E-state index in [0.717, 1.165) is 9.08 Å². The molecule has 2 N–H and O–H groups in total. The third kappa shape index (κ3) is 1.66. The maximum absolute atomic E-state index is 5.50. The van der Waals surface area contributed by atoms with Gasteiger partial charge in [-0.05, 0) is 37.9 Å². The molecule has 1 aromatic heterocycles. The topological polar surface area (TPSA) is 38.9 Å². The Morgan fingerprint density at radius 1 is 1.44 bits per heavy atom. The number of hydrogen-bond acceptors (Lipinski definition) is 2. The van der Waals surface area contributed by atoms with E-state index in [-0.39, 0.29) is 0 Å². The van der Waals surface area contributed by atoms with Gasteiger partial charge in [0.1, 0.15) is 4.60 Å². The van der Waals surface area contributed by atoms with Crippen molar-refractivity contribution >= 4 is 37.5 Å². The van der Waals surface area contributed by atoms with Crippen LogP contribution in [0.2, 0.25) is 0 Å². The minimum Gasteiger partial charge on any atom is -0.398 e. The van der Waals surface area contributed by atoms with Crippen molar-refractivity contribution in [2.24, 2.45) is 0 Å². The van der Waals surface area contributed by atoms with Crippen molar-refractivity contribution in [1.82, 2.24) is 4.98 Å². The number of aromatic nitrogens is 1. The van der Waals surface area contributed by atoms with E-state index >= 15 is 0 Å². The van der Waals surface area contributed by atoms with Crippen LogP contribution in [0.1, 0.15) is 0 Å². The second-order valence-corrected chi connectivity index (χ2v) is 3.20. The Kier molecular flexibility index (Phi) is 2.08. The molecule has 48 valence electrons. The molecule has 0 radical (unpaired) electrons. The highest BCUT2D eigenvalue weighted by atomic mass is 79.9. The van der Waals surface area contributed by atoms with Crippen LogP contribution >= 0.6 is 31.9 Å². The van der Waals surface area contributed by atoms with Crippen LogP contribution in [0.15, 0.2) is 21.3 Å². The predicted octanol–water partition coefficient (Wildman–Crippen LogP) is 2.19. The Bertz CT molecular complexity index is 224. The Labute approximate surface area is 69.7 Å². The number of pyridine rings is 1. The quantitative estimate of drug-likeness (QED) is 0.718. The highest BCUT2D eigenvalue weighted by Crippen LogP contribution is 2.20. The van der Waals surface area contributed by atoms with E-state index < -0.39 is 0 Å². The van der Waals surface area contributed by atoms with E-state index in [1.54, 1.807) is 12.3 Å². The number of nitrogen functional groups attached to an aromatic ring is 1. The summed E-state index contributed by atoms with van der Waals surface area (Å²) in [4.78, 5) is 3.93. The first-order valence-electron chi connectivity index (χ1n) is 2.26. The summed E-state index contributed by atoms with van der Waals surface area (Å²) in [6.07, 6.45) is 1.65. The fraction of sp³-hybridized carbons (Fsp3) is 0. The molecule has 0 aliphatic heterocycles. The number of halogens is 2. The van der Waals surface area contributed by atoms with Crippen molar-refractivity contribution in [2.75, 3.05) is 5.73 Å². The first-order valence-corrected chi connectivity index (χ1v) is 3.85. The van der Waals surface area contributed by atoms with E-state index in [9.17, 15) is 0 Å². The summed E-state index contributed by atoms with van der Waals surface area (Å²) >= 11 is 6.41. The van der Waals surface area contributed by atoms with E-state index in [4.69, 9.17) is 5.73 Å². The average Bonchev–Trinajstić information content (AvgIpc) is 1.80. The van der Waals surface area contributed by atoms with Crippen LogP contribution < -0.4 is 5.73 Å². The lowest BCUT2D eigenvalue weighted by Crippen LogP contribution is -1.87. The molecule has 0 spiro atoms. The number of hydrogen-bond donors (Lipinski definition) is 1. The Hall–Kier alpha value is -0.0900. The smallest absolute Gasteiger partial charge is 0.108 e. The Balaban J connectivity index is 3.17. The van der Waals surface area contributed by atoms with Crippen LogP contribution in [-0.2, 0) is 0 Å². The number of rotatable bonds is 0. The van der Waals surface area contributed by atoms with E-state index in [1.165, 1.54) is 0 Å². The minimum atomic E-state index is 0.692. The van der Waals surface area contributed by atoms with Crippen molar-refractivity contribution < 1.29 is 0 Å². The molecule has 0 bridgehead atoms. The SMILES string of the molecule is Nc1cc(Br)ncc1Br. The third-order valence-electron chi connectivity index (χ3n) is 0.852. The molecular weight excluding hydrogens is 248 g/mol. The molecule has 0 atom stereocenters. The van der Waals surface area contributed by atoms with Crippen molar-refractivity contribution in [3.05, 3.63) is 21.3 Å². The van der Waals surface area contributed by atoms with Crippen LogP contribution in [0.3, 0.4) is 0 Å². The summed E-state index contributed by atoms with van der Waals surface area (Å²) in [5, 5.41) is 0. The molecule has 0 aromatic carbocycles. The van der Waals surface area contributed by atoms with Crippen LogP contribution in [-0.4, -0.2) is 4.98 Å². The third-order valence-corrected chi connectivity index (χ3v) is 1.95. The normalized spacial score (nSPS) is 9.56. The predicted molar refractivity (Wildman–Crippen MR) is 44.0 cm³/mol. The summed E-state index contributed by atoms with van der Waals surface area (Å²) in [6.45, 7) is 0. The fourth-order valence-electron chi connectivity index (χ4n) is 0.427. The molecule has 2 nitrogen and oxygen atoms in total. The van der Waals surface area contributed by atoms with Gasteiger partial charge < -0.3 is 5.73 Å². The Morgan fingerprint density at radius 3 is 2.56 bits per heavy atom. The number of nitrogens with zero attached hydrogens (tertiary/aromatic N) is 1. The van der Waals surface area contributed by atoms with E-state index in [0.29, 0.717) is 5.69 Å². The van der Waals surface area contributed by atoms with Gasteiger partial charge in [0.15, 0.2) is 0 Å². The van der Waals surface area contributed by atoms with Gasteiger partial charge in [0.2, 0.25) is 0 Å². The summed E-state index contributed by atoms with van der Waals surface area (Å²) < 4.78 is 1.58. The maximum Gasteiger partial charge on any atom is 0.108 e. The van der Waals surface area contributed by atoms with Crippen LogP contribution in [0, 0.1) is 0 Å². The summed E-state index contributed by atoms with van der Waals surface area (Å²) in [5.41, 5.74) is 6.20. The van der Waals surface area contributed by atoms with E-state index in [1.807, 2.05) is 0 Å². The molecular formula is C5H4Br2N2. The van der Waals surface area contributed by atoms with Crippen molar-refractivity contribution in [3.63, 3.8) is 0 Å². The largest absolute Gasteiger partial charge is 0.398 e. The zero-order chi connectivity index (χ0) is 6.85. The zero-order valence-corrected chi connectivity index (χ0v) is 7.61. The van der Waals surface area contributed by atoms with Gasteiger partial charge in [0.25, 0.3) is 0 Å². The molecule has 9 heavy (non-hydrogen) atoms. The molecule has 4 heteroatoms. The minimum absolute atomic E-state index is 0.692. The summed E-state index contributed by atoms with van der Waals surface area (Å²) in [6, 6.07) is 1.74. The molecule has 0 aliphatic carbocycles. The van der Waals surface area contributed by atoms with Gasteiger partial charge in [-0.2, -0.15) is 0 Å². The molecule has 0 fully saturated rings. The van der Waals surface area contributed by atoms with Gasteiger partial charge in [-0.25, -0.2) is 4.98 Å².